The van der Waals surface area contributed by atoms with Crippen LogP contribution in [0.15, 0.2) is 12.3 Å². The summed E-state index contributed by atoms with van der Waals surface area (Å²) in [7, 11) is 0. The van der Waals surface area contributed by atoms with Crippen LogP contribution in [0, 0.1) is 0 Å². The smallest absolute Gasteiger partial charge is 0.225 e. The van der Waals surface area contributed by atoms with Gasteiger partial charge in [0.1, 0.15) is 0 Å². The second kappa shape index (κ2) is 8.75. The van der Waals surface area contributed by atoms with Crippen LogP contribution < -0.4 is 15.8 Å². The van der Waals surface area contributed by atoms with Crippen LogP contribution in [0.5, 0.6) is 5.88 Å². The average Bonchev–Trinajstić information content (AvgIpc) is 2.35. The lowest BCUT2D eigenvalue weighted by atomic mass is 10.2. The molecule has 1 rings (SSSR count). The Morgan fingerprint density at radius 3 is 2.88 bits per heavy atom. The van der Waals surface area contributed by atoms with E-state index in [4.69, 9.17) is 10.5 Å². The molecule has 5 nitrogen and oxygen atoms in total. The number of hydrogen-bond acceptors (Lipinski definition) is 5. The van der Waals surface area contributed by atoms with Crippen LogP contribution >= 0.6 is 0 Å². The molecule has 0 bridgehead atoms. The van der Waals surface area contributed by atoms with Crippen molar-refractivity contribution in [2.75, 3.05) is 25.0 Å². The molecule has 1 heterocycles. The number of ether oxygens (including phenoxy) is 1. The summed E-state index contributed by atoms with van der Waals surface area (Å²) in [5.74, 6) is 1.25. The fourth-order valence-corrected chi connectivity index (χ4v) is 1.48. The predicted octanol–water partition coefficient (Wildman–Crippen LogP) is 1.81. The topological polar surface area (TPSA) is 73.1 Å². The number of nitrogens with zero attached hydrogens (tertiary/aromatic N) is 2. The molecule has 0 fully saturated rings. The molecule has 5 heteroatoms. The molecule has 1 aromatic rings. The van der Waals surface area contributed by atoms with E-state index in [0.29, 0.717) is 18.4 Å². The third-order valence-corrected chi connectivity index (χ3v) is 2.34. The summed E-state index contributed by atoms with van der Waals surface area (Å²) >= 11 is 0. The zero-order chi connectivity index (χ0) is 12.3. The lowest BCUT2D eigenvalue weighted by Crippen LogP contribution is -2.06. The zero-order valence-electron chi connectivity index (χ0n) is 10.5. The maximum Gasteiger partial charge on any atom is 0.225 e. The van der Waals surface area contributed by atoms with Gasteiger partial charge in [0.15, 0.2) is 0 Å². The van der Waals surface area contributed by atoms with Crippen molar-refractivity contribution in [1.29, 1.82) is 0 Å². The van der Waals surface area contributed by atoms with Crippen molar-refractivity contribution in [1.82, 2.24) is 9.97 Å². The van der Waals surface area contributed by atoms with E-state index in [1.807, 2.05) is 6.92 Å². The van der Waals surface area contributed by atoms with Crippen LogP contribution in [0.2, 0.25) is 0 Å². The first-order chi connectivity index (χ1) is 8.36. The third-order valence-electron chi connectivity index (χ3n) is 2.34. The van der Waals surface area contributed by atoms with Gasteiger partial charge in [-0.3, -0.25) is 0 Å². The molecule has 0 atom stereocenters. The van der Waals surface area contributed by atoms with Crippen LogP contribution in [0.1, 0.15) is 32.6 Å². The molecule has 1 aromatic heterocycles. The molecule has 96 valence electrons. The zero-order valence-corrected chi connectivity index (χ0v) is 10.5. The molecule has 0 aliphatic rings. The summed E-state index contributed by atoms with van der Waals surface area (Å²) in [6.45, 7) is 4.23. The van der Waals surface area contributed by atoms with Crippen molar-refractivity contribution in [2.24, 2.45) is 5.73 Å². The summed E-state index contributed by atoms with van der Waals surface area (Å²) in [6, 6.07) is 1.76. The van der Waals surface area contributed by atoms with Crippen molar-refractivity contribution in [3.8, 4) is 5.88 Å². The molecule has 0 amide bonds. The van der Waals surface area contributed by atoms with E-state index in [1.165, 1.54) is 12.8 Å². The van der Waals surface area contributed by atoms with Crippen LogP contribution in [0.25, 0.3) is 0 Å². The van der Waals surface area contributed by atoms with Gasteiger partial charge in [0.2, 0.25) is 11.8 Å². The number of rotatable bonds is 9. The molecule has 0 radical (unpaired) electrons. The Kier molecular flexibility index (Phi) is 7.06. The summed E-state index contributed by atoms with van der Waals surface area (Å²) in [5.41, 5.74) is 5.43. The Bertz CT molecular complexity index is 306. The Hall–Kier alpha value is -1.36. The molecule has 3 N–H and O–H groups in total. The minimum absolute atomic E-state index is 0.619. The summed E-state index contributed by atoms with van der Waals surface area (Å²) in [4.78, 5) is 8.37. The molecule has 0 saturated heterocycles. The minimum atomic E-state index is 0.619. The number of hydrogen-bond donors (Lipinski definition) is 2. The van der Waals surface area contributed by atoms with E-state index in [9.17, 15) is 0 Å². The highest BCUT2D eigenvalue weighted by molar-refractivity contribution is 5.27. The third kappa shape index (κ3) is 6.06. The van der Waals surface area contributed by atoms with E-state index < -0.39 is 0 Å². The monoisotopic (exact) mass is 238 g/mol. The highest BCUT2D eigenvalue weighted by Crippen LogP contribution is 2.08. The standard InChI is InChI=1S/C12H22N4O/c1-2-17-11-7-10-15-12(16-11)14-9-6-4-3-5-8-13/h7,10H,2-6,8-9,13H2,1H3,(H,14,15,16). The van der Waals surface area contributed by atoms with E-state index >= 15 is 0 Å². The molecule has 0 aliphatic heterocycles. The van der Waals surface area contributed by atoms with Crippen molar-refractivity contribution >= 4 is 5.95 Å². The summed E-state index contributed by atoms with van der Waals surface area (Å²) in [6.07, 6.45) is 6.31. The molecular weight excluding hydrogens is 216 g/mol. The average molecular weight is 238 g/mol. The van der Waals surface area contributed by atoms with Gasteiger partial charge in [0.05, 0.1) is 6.61 Å². The molecule has 0 unspecified atom stereocenters. The molecule has 0 aromatic carbocycles. The van der Waals surface area contributed by atoms with Crippen LogP contribution in [0.4, 0.5) is 5.95 Å². The number of aromatic nitrogens is 2. The van der Waals surface area contributed by atoms with Crippen LogP contribution in [-0.2, 0) is 0 Å². The Labute approximate surface area is 103 Å². The fourth-order valence-electron chi connectivity index (χ4n) is 1.48. The lowest BCUT2D eigenvalue weighted by molar-refractivity contribution is 0.326. The maximum atomic E-state index is 5.43. The first-order valence-electron chi connectivity index (χ1n) is 6.26. The molecule has 17 heavy (non-hydrogen) atoms. The van der Waals surface area contributed by atoms with E-state index in [1.54, 1.807) is 12.3 Å². The molecule has 0 spiro atoms. The molecule has 0 aliphatic carbocycles. The highest BCUT2D eigenvalue weighted by atomic mass is 16.5. The van der Waals surface area contributed by atoms with E-state index in [0.717, 1.165) is 25.9 Å². The van der Waals surface area contributed by atoms with Gasteiger partial charge in [0, 0.05) is 18.8 Å². The summed E-state index contributed by atoms with van der Waals surface area (Å²) < 4.78 is 5.30. The Balaban J connectivity index is 2.19. The quantitative estimate of drug-likeness (QED) is 0.642. The second-order valence-electron chi connectivity index (χ2n) is 3.78. The first-order valence-corrected chi connectivity index (χ1v) is 6.26. The number of nitrogens with one attached hydrogen (secondary N) is 1. The van der Waals surface area contributed by atoms with Crippen LogP contribution in [-0.4, -0.2) is 29.7 Å². The number of nitrogens with two attached hydrogens (primary N) is 1. The largest absolute Gasteiger partial charge is 0.478 e. The van der Waals surface area contributed by atoms with Crippen LogP contribution in [0.3, 0.4) is 0 Å². The van der Waals surface area contributed by atoms with Gasteiger partial charge in [-0.15, -0.1) is 0 Å². The first kappa shape index (κ1) is 13.7. The van der Waals surface area contributed by atoms with Crippen molar-refractivity contribution < 1.29 is 4.74 Å². The Morgan fingerprint density at radius 2 is 2.12 bits per heavy atom. The molecular formula is C12H22N4O. The van der Waals surface area contributed by atoms with Gasteiger partial charge in [-0.1, -0.05) is 12.8 Å². The van der Waals surface area contributed by atoms with Gasteiger partial charge in [-0.05, 0) is 26.3 Å². The molecule has 0 saturated carbocycles. The minimum Gasteiger partial charge on any atom is -0.478 e. The normalized spacial score (nSPS) is 10.2. The fraction of sp³-hybridized carbons (Fsp3) is 0.667. The highest BCUT2D eigenvalue weighted by Gasteiger charge is 1.98. The number of anilines is 1. The van der Waals surface area contributed by atoms with Crippen molar-refractivity contribution in [2.45, 2.75) is 32.6 Å². The maximum absolute atomic E-state index is 5.43. The second-order valence-corrected chi connectivity index (χ2v) is 3.78. The van der Waals surface area contributed by atoms with Crippen molar-refractivity contribution in [3.05, 3.63) is 12.3 Å². The van der Waals surface area contributed by atoms with Gasteiger partial charge in [-0.2, -0.15) is 4.98 Å². The SMILES string of the molecule is CCOc1ccnc(NCCCCCCN)n1. The summed E-state index contributed by atoms with van der Waals surface area (Å²) in [5, 5.41) is 3.19. The van der Waals surface area contributed by atoms with Gasteiger partial charge >= 0.3 is 0 Å². The lowest BCUT2D eigenvalue weighted by Gasteiger charge is -2.06. The van der Waals surface area contributed by atoms with Gasteiger partial charge in [0.25, 0.3) is 0 Å². The van der Waals surface area contributed by atoms with E-state index in [-0.39, 0.29) is 0 Å². The predicted molar refractivity (Wildman–Crippen MR) is 69.2 cm³/mol. The van der Waals surface area contributed by atoms with Gasteiger partial charge in [-0.25, -0.2) is 4.98 Å². The van der Waals surface area contributed by atoms with Crippen molar-refractivity contribution in [3.63, 3.8) is 0 Å². The van der Waals surface area contributed by atoms with Gasteiger partial charge < -0.3 is 15.8 Å². The van der Waals surface area contributed by atoms with E-state index in [2.05, 4.69) is 15.3 Å². The number of unbranched alkanes of at least 4 members (excludes halogenated alkanes) is 3. The Morgan fingerprint density at radius 1 is 1.29 bits per heavy atom.